The lowest BCUT2D eigenvalue weighted by atomic mass is 10.0. The molecule has 2 saturated carbocycles. The van der Waals surface area contributed by atoms with Crippen molar-refractivity contribution in [3.63, 3.8) is 0 Å². The number of sulfonamides is 1. The third kappa shape index (κ3) is 3.95. The first-order valence-electron chi connectivity index (χ1n) is 7.93. The summed E-state index contributed by atoms with van der Waals surface area (Å²) in [6, 6.07) is 1.85. The number of ether oxygens (including phenoxy) is 1. The van der Waals surface area contributed by atoms with Crippen LogP contribution in [0.2, 0.25) is 0 Å². The highest BCUT2D eigenvalue weighted by atomic mass is 32.2. The Labute approximate surface area is 131 Å². The largest absolute Gasteiger partial charge is 0.380 e. The van der Waals surface area contributed by atoms with Gasteiger partial charge in [0.25, 0.3) is 0 Å². The highest BCUT2D eigenvalue weighted by Gasteiger charge is 2.30. The van der Waals surface area contributed by atoms with Gasteiger partial charge in [0.1, 0.15) is 0 Å². The molecule has 122 valence electrons. The standard InChI is InChI=1S/C15H23N3O3S/c1-21-14(12-4-2-3-5-12)10-22(19,20)18-15-16-9-8-13(17-15)11-6-7-11/h8-9,11-12,14H,2-7,10H2,1H3,(H,16,17,18). The highest BCUT2D eigenvalue weighted by Crippen LogP contribution is 2.39. The fourth-order valence-corrected chi connectivity index (χ4v) is 4.45. The zero-order valence-electron chi connectivity index (χ0n) is 12.9. The Kier molecular flexibility index (Phi) is 4.63. The summed E-state index contributed by atoms with van der Waals surface area (Å²) in [5.74, 6) is 0.938. The highest BCUT2D eigenvalue weighted by molar-refractivity contribution is 7.92. The van der Waals surface area contributed by atoms with Crippen LogP contribution < -0.4 is 4.72 Å². The minimum absolute atomic E-state index is 0.0365. The first kappa shape index (κ1) is 15.7. The van der Waals surface area contributed by atoms with Crippen molar-refractivity contribution in [2.24, 2.45) is 5.92 Å². The summed E-state index contributed by atoms with van der Waals surface area (Å²) < 4.78 is 32.6. The summed E-state index contributed by atoms with van der Waals surface area (Å²) in [7, 11) is -1.92. The quantitative estimate of drug-likeness (QED) is 0.832. The van der Waals surface area contributed by atoms with Crippen LogP contribution >= 0.6 is 0 Å². The molecule has 1 N–H and O–H groups in total. The van der Waals surface area contributed by atoms with E-state index >= 15 is 0 Å². The van der Waals surface area contributed by atoms with Crippen molar-refractivity contribution >= 4 is 16.0 Å². The lowest BCUT2D eigenvalue weighted by molar-refractivity contribution is 0.0718. The molecule has 2 fully saturated rings. The molecule has 7 heteroatoms. The van der Waals surface area contributed by atoms with Gasteiger partial charge in [0, 0.05) is 24.9 Å². The Bertz CT molecular complexity index is 610. The number of hydrogen-bond donors (Lipinski definition) is 1. The summed E-state index contributed by atoms with van der Waals surface area (Å²) in [6.07, 6.45) is 8.00. The van der Waals surface area contributed by atoms with Crippen LogP contribution in [-0.4, -0.2) is 37.4 Å². The van der Waals surface area contributed by atoms with Gasteiger partial charge in [0.05, 0.1) is 11.9 Å². The van der Waals surface area contributed by atoms with Crippen molar-refractivity contribution in [3.05, 3.63) is 18.0 Å². The molecule has 0 radical (unpaired) electrons. The SMILES string of the molecule is COC(CS(=O)(=O)Nc1nccc(C2CC2)n1)C1CCCC1. The van der Waals surface area contributed by atoms with Gasteiger partial charge in [-0.05, 0) is 37.7 Å². The molecule has 0 aromatic carbocycles. The van der Waals surface area contributed by atoms with Crippen molar-refractivity contribution in [3.8, 4) is 0 Å². The van der Waals surface area contributed by atoms with Gasteiger partial charge in [-0.3, -0.25) is 4.72 Å². The van der Waals surface area contributed by atoms with Gasteiger partial charge in [-0.1, -0.05) is 12.8 Å². The number of anilines is 1. The van der Waals surface area contributed by atoms with Crippen molar-refractivity contribution in [1.29, 1.82) is 0 Å². The molecule has 0 spiro atoms. The van der Waals surface area contributed by atoms with E-state index in [4.69, 9.17) is 4.74 Å². The molecular formula is C15H23N3O3S. The molecule has 6 nitrogen and oxygen atoms in total. The molecule has 3 rings (SSSR count). The zero-order chi connectivity index (χ0) is 15.6. The molecule has 0 amide bonds. The van der Waals surface area contributed by atoms with E-state index in [1.54, 1.807) is 13.3 Å². The van der Waals surface area contributed by atoms with E-state index in [0.717, 1.165) is 44.2 Å². The lowest BCUT2D eigenvalue weighted by Crippen LogP contribution is -2.33. The first-order valence-corrected chi connectivity index (χ1v) is 9.59. The molecule has 0 saturated heterocycles. The number of nitrogens with one attached hydrogen (secondary N) is 1. The number of nitrogens with zero attached hydrogens (tertiary/aromatic N) is 2. The maximum absolute atomic E-state index is 12.4. The first-order chi connectivity index (χ1) is 10.6. The minimum Gasteiger partial charge on any atom is -0.380 e. The Hall–Kier alpha value is -1.21. The molecular weight excluding hydrogens is 302 g/mol. The van der Waals surface area contributed by atoms with E-state index in [0.29, 0.717) is 11.8 Å². The third-order valence-corrected chi connectivity index (χ3v) is 5.79. The predicted molar refractivity (Wildman–Crippen MR) is 84.2 cm³/mol. The number of aromatic nitrogens is 2. The van der Waals surface area contributed by atoms with Crippen LogP contribution in [0, 0.1) is 5.92 Å². The van der Waals surface area contributed by atoms with Gasteiger partial charge in [0.2, 0.25) is 16.0 Å². The molecule has 2 aliphatic rings. The monoisotopic (exact) mass is 325 g/mol. The van der Waals surface area contributed by atoms with Crippen LogP contribution in [0.15, 0.2) is 12.3 Å². The maximum atomic E-state index is 12.4. The summed E-state index contributed by atoms with van der Waals surface area (Å²) in [6.45, 7) is 0. The van der Waals surface area contributed by atoms with Crippen molar-refractivity contribution in [2.75, 3.05) is 17.6 Å². The zero-order valence-corrected chi connectivity index (χ0v) is 13.7. The topological polar surface area (TPSA) is 81.2 Å². The molecule has 1 heterocycles. The molecule has 1 atom stereocenters. The Morgan fingerprint density at radius 1 is 1.32 bits per heavy atom. The van der Waals surface area contributed by atoms with Gasteiger partial charge in [-0.25, -0.2) is 18.4 Å². The van der Waals surface area contributed by atoms with Crippen LogP contribution in [0.4, 0.5) is 5.95 Å². The maximum Gasteiger partial charge on any atom is 0.237 e. The summed E-state index contributed by atoms with van der Waals surface area (Å²) in [4.78, 5) is 8.33. The van der Waals surface area contributed by atoms with E-state index in [1.807, 2.05) is 6.07 Å². The second-order valence-corrected chi connectivity index (χ2v) is 8.05. The average Bonchev–Trinajstić information content (AvgIpc) is 3.20. The molecule has 0 bridgehead atoms. The van der Waals surface area contributed by atoms with Crippen LogP contribution in [0.25, 0.3) is 0 Å². The van der Waals surface area contributed by atoms with Crippen LogP contribution in [0.5, 0.6) is 0 Å². The Morgan fingerprint density at radius 2 is 2.05 bits per heavy atom. The van der Waals surface area contributed by atoms with Crippen LogP contribution in [-0.2, 0) is 14.8 Å². The second kappa shape index (κ2) is 6.50. The minimum atomic E-state index is -3.51. The summed E-state index contributed by atoms with van der Waals surface area (Å²) in [5.41, 5.74) is 0.923. The molecule has 1 aromatic rings. The second-order valence-electron chi connectivity index (χ2n) is 6.28. The fraction of sp³-hybridized carbons (Fsp3) is 0.733. The molecule has 2 aliphatic carbocycles. The van der Waals surface area contributed by atoms with E-state index in [9.17, 15) is 8.42 Å². The smallest absolute Gasteiger partial charge is 0.237 e. The molecule has 1 unspecified atom stereocenters. The average molecular weight is 325 g/mol. The van der Waals surface area contributed by atoms with Crippen LogP contribution in [0.1, 0.15) is 50.1 Å². The predicted octanol–water partition coefficient (Wildman–Crippen LogP) is 2.30. The third-order valence-electron chi connectivity index (χ3n) is 4.53. The molecule has 1 aromatic heterocycles. The van der Waals surface area contributed by atoms with Gasteiger partial charge < -0.3 is 4.74 Å². The van der Waals surface area contributed by atoms with Crippen molar-refractivity contribution in [1.82, 2.24) is 9.97 Å². The van der Waals surface area contributed by atoms with Gasteiger partial charge in [0.15, 0.2) is 0 Å². The Balaban J connectivity index is 1.65. The van der Waals surface area contributed by atoms with E-state index in [2.05, 4.69) is 14.7 Å². The normalized spacial score (nSPS) is 21.0. The van der Waals surface area contributed by atoms with E-state index in [1.165, 1.54) is 0 Å². The molecule has 22 heavy (non-hydrogen) atoms. The fourth-order valence-electron chi connectivity index (χ4n) is 3.15. The van der Waals surface area contributed by atoms with Gasteiger partial charge in [-0.2, -0.15) is 0 Å². The molecule has 0 aliphatic heterocycles. The van der Waals surface area contributed by atoms with Gasteiger partial charge in [-0.15, -0.1) is 0 Å². The van der Waals surface area contributed by atoms with Crippen molar-refractivity contribution < 1.29 is 13.2 Å². The Morgan fingerprint density at radius 3 is 2.68 bits per heavy atom. The lowest BCUT2D eigenvalue weighted by Gasteiger charge is -2.21. The number of methoxy groups -OCH3 is 1. The van der Waals surface area contributed by atoms with Crippen LogP contribution in [0.3, 0.4) is 0 Å². The number of hydrogen-bond acceptors (Lipinski definition) is 5. The van der Waals surface area contributed by atoms with E-state index < -0.39 is 10.0 Å². The summed E-state index contributed by atoms with van der Waals surface area (Å²) >= 11 is 0. The van der Waals surface area contributed by atoms with Gasteiger partial charge >= 0.3 is 0 Å². The van der Waals surface area contributed by atoms with E-state index in [-0.39, 0.29) is 17.8 Å². The number of rotatable bonds is 7. The summed E-state index contributed by atoms with van der Waals surface area (Å²) in [5, 5.41) is 0. The van der Waals surface area contributed by atoms with Crippen molar-refractivity contribution in [2.45, 2.75) is 50.5 Å².